The fourth-order valence-corrected chi connectivity index (χ4v) is 1.93. The van der Waals surface area contributed by atoms with Gasteiger partial charge in [-0.1, -0.05) is 6.07 Å². The molecule has 2 rings (SSSR count). The van der Waals surface area contributed by atoms with Gasteiger partial charge in [0.25, 0.3) is 0 Å². The topological polar surface area (TPSA) is 70.7 Å². The molecule has 19 heavy (non-hydrogen) atoms. The summed E-state index contributed by atoms with van der Waals surface area (Å²) in [6, 6.07) is 7.16. The molecule has 0 radical (unpaired) electrons. The average molecular weight is 263 g/mol. The second-order valence-electron chi connectivity index (χ2n) is 4.34. The van der Waals surface area contributed by atoms with Crippen LogP contribution in [0.1, 0.15) is 0 Å². The molecule has 102 valence electrons. The molecular formula is C13H17N3O3. The second kappa shape index (κ2) is 6.19. The number of carbonyl (C=O) groups is 2. The third-order valence-electron chi connectivity index (χ3n) is 2.84. The van der Waals surface area contributed by atoms with Gasteiger partial charge in [0.15, 0.2) is 0 Å². The smallest absolute Gasteiger partial charge is 0.238 e. The number of ether oxygens (including phenoxy) is 1. The van der Waals surface area contributed by atoms with Crippen LogP contribution in [0.2, 0.25) is 0 Å². The van der Waals surface area contributed by atoms with Crippen molar-refractivity contribution in [2.45, 2.75) is 0 Å². The summed E-state index contributed by atoms with van der Waals surface area (Å²) in [6.07, 6.45) is 0. The third kappa shape index (κ3) is 3.96. The van der Waals surface area contributed by atoms with Gasteiger partial charge in [-0.25, -0.2) is 0 Å². The first kappa shape index (κ1) is 13.4. The van der Waals surface area contributed by atoms with E-state index in [1.54, 1.807) is 19.2 Å². The number of hydrogen-bond donors (Lipinski definition) is 2. The lowest BCUT2D eigenvalue weighted by Gasteiger charge is -2.25. The van der Waals surface area contributed by atoms with E-state index in [1.165, 1.54) is 0 Å². The van der Waals surface area contributed by atoms with Gasteiger partial charge in [0, 0.05) is 24.8 Å². The molecule has 6 heteroatoms. The number of piperazine rings is 1. The minimum Gasteiger partial charge on any atom is -0.497 e. The van der Waals surface area contributed by atoms with Crippen LogP contribution in [0.3, 0.4) is 0 Å². The van der Waals surface area contributed by atoms with Crippen LogP contribution in [0.5, 0.6) is 5.75 Å². The Labute approximate surface area is 111 Å². The molecule has 0 atom stereocenters. The lowest BCUT2D eigenvalue weighted by atomic mass is 10.3. The minimum atomic E-state index is -0.136. The predicted molar refractivity (Wildman–Crippen MR) is 71.1 cm³/mol. The fourth-order valence-electron chi connectivity index (χ4n) is 1.93. The van der Waals surface area contributed by atoms with Gasteiger partial charge in [-0.15, -0.1) is 0 Å². The van der Waals surface area contributed by atoms with Gasteiger partial charge in [0.1, 0.15) is 5.75 Å². The Kier molecular flexibility index (Phi) is 4.35. The number of anilines is 1. The Morgan fingerprint density at radius 1 is 1.53 bits per heavy atom. The zero-order valence-electron chi connectivity index (χ0n) is 10.8. The van der Waals surface area contributed by atoms with Crippen molar-refractivity contribution in [3.63, 3.8) is 0 Å². The molecule has 1 heterocycles. The fraction of sp³-hybridized carbons (Fsp3) is 0.385. The number of amides is 2. The van der Waals surface area contributed by atoms with Crippen LogP contribution in [0.25, 0.3) is 0 Å². The van der Waals surface area contributed by atoms with Gasteiger partial charge in [0.2, 0.25) is 11.8 Å². The Hall–Kier alpha value is -2.08. The van der Waals surface area contributed by atoms with Gasteiger partial charge in [-0.3, -0.25) is 14.5 Å². The first-order valence-corrected chi connectivity index (χ1v) is 6.10. The highest BCUT2D eigenvalue weighted by Gasteiger charge is 2.18. The summed E-state index contributed by atoms with van der Waals surface area (Å²) >= 11 is 0. The van der Waals surface area contributed by atoms with Gasteiger partial charge in [-0.05, 0) is 12.1 Å². The first-order valence-electron chi connectivity index (χ1n) is 6.10. The van der Waals surface area contributed by atoms with E-state index in [2.05, 4.69) is 10.6 Å². The van der Waals surface area contributed by atoms with Crippen molar-refractivity contribution in [3.8, 4) is 5.75 Å². The Balaban J connectivity index is 1.88. The summed E-state index contributed by atoms with van der Waals surface area (Å²) in [6.45, 7) is 1.76. The molecule has 0 unspecified atom stereocenters. The molecule has 6 nitrogen and oxygen atoms in total. The van der Waals surface area contributed by atoms with Crippen molar-refractivity contribution in [2.24, 2.45) is 0 Å². The predicted octanol–water partition coefficient (Wildman–Crippen LogP) is 0.0655. The van der Waals surface area contributed by atoms with Gasteiger partial charge < -0.3 is 15.4 Å². The maximum absolute atomic E-state index is 11.9. The van der Waals surface area contributed by atoms with Crippen molar-refractivity contribution in [3.05, 3.63) is 24.3 Å². The van der Waals surface area contributed by atoms with Crippen LogP contribution >= 0.6 is 0 Å². The maximum atomic E-state index is 11.9. The molecule has 2 amide bonds. The number of nitrogens with zero attached hydrogens (tertiary/aromatic N) is 1. The summed E-state index contributed by atoms with van der Waals surface area (Å²) in [7, 11) is 1.58. The largest absolute Gasteiger partial charge is 0.497 e. The van der Waals surface area contributed by atoms with E-state index in [0.717, 1.165) is 0 Å². The summed E-state index contributed by atoms with van der Waals surface area (Å²) in [5.74, 6) is 0.513. The van der Waals surface area contributed by atoms with E-state index < -0.39 is 0 Å². The Morgan fingerprint density at radius 2 is 2.37 bits per heavy atom. The van der Waals surface area contributed by atoms with E-state index in [1.807, 2.05) is 17.0 Å². The average Bonchev–Trinajstić information content (AvgIpc) is 2.38. The molecule has 2 N–H and O–H groups in total. The number of rotatable bonds is 4. The summed E-state index contributed by atoms with van der Waals surface area (Å²) in [5.41, 5.74) is 0.686. The van der Waals surface area contributed by atoms with Crippen LogP contribution in [0.4, 0.5) is 5.69 Å². The van der Waals surface area contributed by atoms with Gasteiger partial charge in [-0.2, -0.15) is 0 Å². The molecule has 1 aromatic rings. The van der Waals surface area contributed by atoms with Crippen LogP contribution in [0.15, 0.2) is 24.3 Å². The standard InChI is InChI=1S/C13H17N3O3/c1-19-11-4-2-3-10(7-11)15-13(18)9-16-6-5-14-12(17)8-16/h2-4,7H,5-6,8-9H2,1H3,(H,14,17)(H,15,18). The van der Waals surface area contributed by atoms with Crippen LogP contribution in [-0.2, 0) is 9.59 Å². The zero-order chi connectivity index (χ0) is 13.7. The lowest BCUT2D eigenvalue weighted by Crippen LogP contribution is -2.49. The van der Waals surface area contributed by atoms with Crippen LogP contribution in [-0.4, -0.2) is 50.0 Å². The normalized spacial score (nSPS) is 15.7. The van der Waals surface area contributed by atoms with Crippen molar-refractivity contribution in [1.29, 1.82) is 0 Å². The molecular weight excluding hydrogens is 246 g/mol. The molecule has 1 saturated heterocycles. The highest BCUT2D eigenvalue weighted by atomic mass is 16.5. The molecule has 0 saturated carbocycles. The lowest BCUT2D eigenvalue weighted by molar-refractivity contribution is -0.125. The second-order valence-corrected chi connectivity index (χ2v) is 4.34. The summed E-state index contributed by atoms with van der Waals surface area (Å²) in [5, 5.41) is 5.51. The van der Waals surface area contributed by atoms with E-state index in [9.17, 15) is 9.59 Å². The van der Waals surface area contributed by atoms with Crippen molar-refractivity contribution in [2.75, 3.05) is 38.6 Å². The number of nitrogens with one attached hydrogen (secondary N) is 2. The first-order chi connectivity index (χ1) is 9.17. The van der Waals surface area contributed by atoms with E-state index in [0.29, 0.717) is 24.5 Å². The minimum absolute atomic E-state index is 0.0413. The molecule has 0 aromatic heterocycles. The highest BCUT2D eigenvalue weighted by Crippen LogP contribution is 2.16. The van der Waals surface area contributed by atoms with Crippen molar-refractivity contribution in [1.82, 2.24) is 10.2 Å². The zero-order valence-corrected chi connectivity index (χ0v) is 10.8. The van der Waals surface area contributed by atoms with Crippen LogP contribution < -0.4 is 15.4 Å². The Morgan fingerprint density at radius 3 is 3.11 bits per heavy atom. The molecule has 0 spiro atoms. The van der Waals surface area contributed by atoms with E-state index >= 15 is 0 Å². The number of carbonyl (C=O) groups excluding carboxylic acids is 2. The highest BCUT2D eigenvalue weighted by molar-refractivity contribution is 5.92. The van der Waals surface area contributed by atoms with E-state index in [-0.39, 0.29) is 24.9 Å². The molecule has 0 aliphatic carbocycles. The third-order valence-corrected chi connectivity index (χ3v) is 2.84. The van der Waals surface area contributed by atoms with Crippen molar-refractivity contribution >= 4 is 17.5 Å². The van der Waals surface area contributed by atoms with E-state index in [4.69, 9.17) is 4.74 Å². The molecule has 0 bridgehead atoms. The van der Waals surface area contributed by atoms with Gasteiger partial charge in [0.05, 0.1) is 20.2 Å². The molecule has 1 aliphatic heterocycles. The quantitative estimate of drug-likeness (QED) is 0.806. The SMILES string of the molecule is COc1cccc(NC(=O)CN2CCNC(=O)C2)c1. The number of benzene rings is 1. The molecule has 1 aliphatic rings. The Bertz CT molecular complexity index is 476. The van der Waals surface area contributed by atoms with Crippen LogP contribution in [0, 0.1) is 0 Å². The summed E-state index contributed by atoms with van der Waals surface area (Å²) in [4.78, 5) is 24.9. The summed E-state index contributed by atoms with van der Waals surface area (Å²) < 4.78 is 5.09. The monoisotopic (exact) mass is 263 g/mol. The number of hydrogen-bond acceptors (Lipinski definition) is 4. The molecule has 1 fully saturated rings. The van der Waals surface area contributed by atoms with Gasteiger partial charge >= 0.3 is 0 Å². The molecule has 1 aromatic carbocycles. The maximum Gasteiger partial charge on any atom is 0.238 e. The number of methoxy groups -OCH3 is 1. The van der Waals surface area contributed by atoms with Crippen molar-refractivity contribution < 1.29 is 14.3 Å².